The first kappa shape index (κ1) is 19.0. The Bertz CT molecular complexity index is 293. The highest BCUT2D eigenvalue weighted by atomic mass is 14.5. The molecule has 21 heavy (non-hydrogen) atoms. The van der Waals surface area contributed by atoms with Crippen molar-refractivity contribution in [1.29, 1.82) is 0 Å². The molecular formula is C21H42. The molecule has 0 nitrogen and oxygen atoms in total. The molecule has 1 saturated carbocycles. The molecule has 0 aromatic carbocycles. The van der Waals surface area contributed by atoms with Gasteiger partial charge in [0.2, 0.25) is 0 Å². The maximum atomic E-state index is 2.54. The minimum Gasteiger partial charge on any atom is -0.0651 e. The van der Waals surface area contributed by atoms with Gasteiger partial charge in [-0.1, -0.05) is 75.2 Å². The largest absolute Gasteiger partial charge is 0.0651 e. The first-order valence-electron chi connectivity index (χ1n) is 9.63. The zero-order valence-corrected chi connectivity index (χ0v) is 16.4. The molecule has 0 heteroatoms. The van der Waals surface area contributed by atoms with Gasteiger partial charge < -0.3 is 0 Å². The van der Waals surface area contributed by atoms with Crippen LogP contribution in [-0.2, 0) is 0 Å². The van der Waals surface area contributed by atoms with E-state index in [2.05, 4.69) is 62.3 Å². The predicted octanol–water partition coefficient (Wildman–Crippen LogP) is 7.04. The highest BCUT2D eigenvalue weighted by Crippen LogP contribution is 2.50. The van der Waals surface area contributed by atoms with Crippen LogP contribution in [0.25, 0.3) is 0 Å². The molecule has 0 aromatic heterocycles. The summed E-state index contributed by atoms with van der Waals surface area (Å²) >= 11 is 0. The van der Waals surface area contributed by atoms with E-state index in [-0.39, 0.29) is 0 Å². The fourth-order valence-electron chi connectivity index (χ4n) is 4.92. The van der Waals surface area contributed by atoms with E-state index in [9.17, 15) is 0 Å². The minimum absolute atomic E-state index is 0.487. The van der Waals surface area contributed by atoms with E-state index in [0.717, 1.165) is 41.4 Å². The Balaban J connectivity index is 2.61. The maximum Gasteiger partial charge on any atom is -0.0309 e. The number of hydrogen-bond donors (Lipinski definition) is 0. The van der Waals surface area contributed by atoms with Crippen LogP contribution in [-0.4, -0.2) is 0 Å². The lowest BCUT2D eigenvalue weighted by Crippen LogP contribution is -2.36. The summed E-state index contributed by atoms with van der Waals surface area (Å²) in [5.41, 5.74) is 0.487. The summed E-state index contributed by atoms with van der Waals surface area (Å²) in [6.07, 6.45) is 5.63. The molecule has 0 spiro atoms. The normalized spacial score (nSPS) is 30.3. The van der Waals surface area contributed by atoms with Crippen LogP contribution in [0, 0.1) is 46.8 Å². The second kappa shape index (κ2) is 7.51. The molecule has 0 aromatic rings. The number of hydrogen-bond acceptors (Lipinski definition) is 0. The Morgan fingerprint density at radius 3 is 1.86 bits per heavy atom. The number of rotatable bonds is 9. The lowest BCUT2D eigenvalue weighted by molar-refractivity contribution is 0.0539. The van der Waals surface area contributed by atoms with Crippen molar-refractivity contribution in [3.8, 4) is 0 Å². The summed E-state index contributed by atoms with van der Waals surface area (Å²) in [4.78, 5) is 0. The standard InChI is InChI=1S/C21H42/c1-10-15(4)20(16(5)14(2)3)21(8,9)13-11-12-19-17(6)18(19)7/h14-20H,10-13H2,1-9H3. The van der Waals surface area contributed by atoms with Crippen molar-refractivity contribution >= 4 is 0 Å². The quantitative estimate of drug-likeness (QED) is 0.428. The predicted molar refractivity (Wildman–Crippen MR) is 96.4 cm³/mol. The van der Waals surface area contributed by atoms with Gasteiger partial charge in [0.15, 0.2) is 0 Å². The molecule has 1 aliphatic carbocycles. The lowest BCUT2D eigenvalue weighted by Gasteiger charge is -2.44. The van der Waals surface area contributed by atoms with Crippen molar-refractivity contribution in [3.05, 3.63) is 0 Å². The second-order valence-electron chi connectivity index (χ2n) is 9.28. The maximum absolute atomic E-state index is 2.54. The minimum atomic E-state index is 0.487. The van der Waals surface area contributed by atoms with Crippen LogP contribution in [0.4, 0.5) is 0 Å². The summed E-state index contributed by atoms with van der Waals surface area (Å²) in [5, 5.41) is 0. The zero-order valence-electron chi connectivity index (χ0n) is 16.4. The molecule has 126 valence electrons. The molecule has 0 N–H and O–H groups in total. The van der Waals surface area contributed by atoms with Crippen molar-refractivity contribution in [1.82, 2.24) is 0 Å². The second-order valence-corrected chi connectivity index (χ2v) is 9.28. The molecule has 0 amide bonds. The first-order chi connectivity index (χ1) is 9.63. The van der Waals surface area contributed by atoms with E-state index in [1.807, 2.05) is 0 Å². The smallest absolute Gasteiger partial charge is 0.0309 e. The fourth-order valence-corrected chi connectivity index (χ4v) is 4.92. The van der Waals surface area contributed by atoms with Gasteiger partial charge in [-0.15, -0.1) is 0 Å². The van der Waals surface area contributed by atoms with Crippen molar-refractivity contribution in [2.24, 2.45) is 46.8 Å². The summed E-state index contributed by atoms with van der Waals surface area (Å²) in [7, 11) is 0. The summed E-state index contributed by atoms with van der Waals surface area (Å²) in [6.45, 7) is 22.1. The topological polar surface area (TPSA) is 0 Å². The molecule has 0 heterocycles. The van der Waals surface area contributed by atoms with E-state index >= 15 is 0 Å². The Morgan fingerprint density at radius 1 is 0.952 bits per heavy atom. The van der Waals surface area contributed by atoms with Gasteiger partial charge in [0.05, 0.1) is 0 Å². The molecule has 1 fully saturated rings. The van der Waals surface area contributed by atoms with E-state index in [4.69, 9.17) is 0 Å². The summed E-state index contributed by atoms with van der Waals surface area (Å²) in [6, 6.07) is 0. The molecule has 0 saturated heterocycles. The van der Waals surface area contributed by atoms with Gasteiger partial charge in [0, 0.05) is 0 Å². The van der Waals surface area contributed by atoms with E-state index < -0.39 is 0 Å². The highest BCUT2D eigenvalue weighted by Gasteiger charge is 2.42. The Morgan fingerprint density at radius 2 is 1.48 bits per heavy atom. The van der Waals surface area contributed by atoms with Gasteiger partial charge >= 0.3 is 0 Å². The van der Waals surface area contributed by atoms with Crippen molar-refractivity contribution < 1.29 is 0 Å². The van der Waals surface area contributed by atoms with E-state index in [1.54, 1.807) is 0 Å². The summed E-state index contributed by atoms with van der Waals surface area (Å²) in [5.74, 6) is 6.35. The third-order valence-electron chi connectivity index (χ3n) is 7.18. The van der Waals surface area contributed by atoms with Crippen LogP contribution in [0.2, 0.25) is 0 Å². The van der Waals surface area contributed by atoms with E-state index in [1.165, 1.54) is 25.7 Å². The van der Waals surface area contributed by atoms with Crippen LogP contribution >= 0.6 is 0 Å². The average Bonchev–Trinajstić information content (AvgIpc) is 2.96. The van der Waals surface area contributed by atoms with Crippen LogP contribution in [0.3, 0.4) is 0 Å². The van der Waals surface area contributed by atoms with Crippen molar-refractivity contribution in [2.45, 2.75) is 88.0 Å². The van der Waals surface area contributed by atoms with Gasteiger partial charge in [-0.2, -0.15) is 0 Å². The summed E-state index contributed by atoms with van der Waals surface area (Å²) < 4.78 is 0. The molecule has 0 bridgehead atoms. The van der Waals surface area contributed by atoms with Gasteiger partial charge in [-0.25, -0.2) is 0 Å². The van der Waals surface area contributed by atoms with Gasteiger partial charge in [-0.3, -0.25) is 0 Å². The van der Waals surface area contributed by atoms with Gasteiger partial charge in [0.1, 0.15) is 0 Å². The molecule has 0 radical (unpaired) electrons. The third kappa shape index (κ3) is 4.73. The molecule has 5 atom stereocenters. The molecule has 0 aliphatic heterocycles. The third-order valence-corrected chi connectivity index (χ3v) is 7.18. The SMILES string of the molecule is CCC(C)C(C(C)C(C)C)C(C)(C)CCCC1C(C)C1C. The van der Waals surface area contributed by atoms with Crippen LogP contribution in [0.1, 0.15) is 88.0 Å². The van der Waals surface area contributed by atoms with Gasteiger partial charge in [0.25, 0.3) is 0 Å². The average molecular weight is 295 g/mol. The fraction of sp³-hybridized carbons (Fsp3) is 1.00. The van der Waals surface area contributed by atoms with E-state index in [0.29, 0.717) is 5.41 Å². The van der Waals surface area contributed by atoms with Crippen molar-refractivity contribution in [2.75, 3.05) is 0 Å². The molecule has 1 aliphatic rings. The Labute approximate surface area is 135 Å². The Hall–Kier alpha value is 0. The van der Waals surface area contributed by atoms with Crippen LogP contribution in [0.15, 0.2) is 0 Å². The van der Waals surface area contributed by atoms with Gasteiger partial charge in [-0.05, 0) is 59.7 Å². The zero-order chi connectivity index (χ0) is 16.4. The molecular weight excluding hydrogens is 252 g/mol. The van der Waals surface area contributed by atoms with Crippen LogP contribution < -0.4 is 0 Å². The monoisotopic (exact) mass is 294 g/mol. The van der Waals surface area contributed by atoms with Crippen molar-refractivity contribution in [3.63, 3.8) is 0 Å². The highest BCUT2D eigenvalue weighted by molar-refractivity contribution is 4.92. The Kier molecular flexibility index (Phi) is 6.81. The molecule has 5 unspecified atom stereocenters. The lowest BCUT2D eigenvalue weighted by atomic mass is 9.61. The van der Waals surface area contributed by atoms with Crippen LogP contribution in [0.5, 0.6) is 0 Å². The first-order valence-corrected chi connectivity index (χ1v) is 9.63. The molecule has 1 rings (SSSR count).